The second-order valence-electron chi connectivity index (χ2n) is 4.16. The molecule has 0 heterocycles. The summed E-state index contributed by atoms with van der Waals surface area (Å²) >= 11 is 0. The van der Waals surface area contributed by atoms with Crippen molar-refractivity contribution in [3.05, 3.63) is 12.2 Å². The molecule has 1 atom stereocenters. The van der Waals surface area contributed by atoms with Crippen LogP contribution in [-0.2, 0) is 9.59 Å². The van der Waals surface area contributed by atoms with Crippen LogP contribution in [0.4, 0.5) is 0 Å². The van der Waals surface area contributed by atoms with Gasteiger partial charge in [-0.25, -0.2) is 0 Å². The Morgan fingerprint density at radius 1 is 1.12 bits per heavy atom. The molecular weight excluding hydrogens is 220 g/mol. The third-order valence-electron chi connectivity index (χ3n) is 2.63. The second-order valence-corrected chi connectivity index (χ2v) is 4.16. The molecule has 0 aromatic rings. The lowest BCUT2D eigenvalue weighted by molar-refractivity contribution is -0.143. The van der Waals surface area contributed by atoms with Gasteiger partial charge in [0.1, 0.15) is 0 Å². The Labute approximate surface area is 102 Å². The van der Waals surface area contributed by atoms with Crippen molar-refractivity contribution in [2.45, 2.75) is 51.9 Å². The SMILES string of the molecule is CCCCC=CCCC(CCC(=O)O)C(=O)O. The smallest absolute Gasteiger partial charge is 0.306 e. The van der Waals surface area contributed by atoms with Gasteiger partial charge in [-0.05, 0) is 25.7 Å². The maximum atomic E-state index is 10.9. The first-order valence-electron chi connectivity index (χ1n) is 6.17. The molecule has 0 saturated carbocycles. The molecule has 2 N–H and O–H groups in total. The van der Waals surface area contributed by atoms with Crippen LogP contribution in [0.2, 0.25) is 0 Å². The molecule has 0 saturated heterocycles. The summed E-state index contributed by atoms with van der Waals surface area (Å²) in [6.07, 6.45) is 8.77. The number of allylic oxidation sites excluding steroid dienone is 2. The van der Waals surface area contributed by atoms with Crippen LogP contribution in [0.5, 0.6) is 0 Å². The van der Waals surface area contributed by atoms with Gasteiger partial charge in [0, 0.05) is 6.42 Å². The minimum atomic E-state index is -0.935. The summed E-state index contributed by atoms with van der Waals surface area (Å²) in [4.78, 5) is 21.2. The number of carbonyl (C=O) groups is 2. The maximum absolute atomic E-state index is 10.9. The third kappa shape index (κ3) is 9.60. The molecule has 0 radical (unpaired) electrons. The molecule has 4 nitrogen and oxygen atoms in total. The zero-order chi connectivity index (χ0) is 13.1. The van der Waals surface area contributed by atoms with E-state index in [1.807, 2.05) is 6.08 Å². The van der Waals surface area contributed by atoms with Gasteiger partial charge in [0.15, 0.2) is 0 Å². The van der Waals surface area contributed by atoms with E-state index in [2.05, 4.69) is 13.0 Å². The summed E-state index contributed by atoms with van der Waals surface area (Å²) in [5.74, 6) is -2.37. The first-order valence-corrected chi connectivity index (χ1v) is 6.17. The lowest BCUT2D eigenvalue weighted by atomic mass is 9.97. The standard InChI is InChI=1S/C13H22O4/c1-2-3-4-5-6-7-8-11(13(16)17)9-10-12(14)15/h5-6,11H,2-4,7-10H2,1H3,(H,14,15)(H,16,17). The summed E-state index contributed by atoms with van der Waals surface area (Å²) in [5, 5.41) is 17.4. The highest BCUT2D eigenvalue weighted by Gasteiger charge is 2.17. The van der Waals surface area contributed by atoms with Crippen molar-refractivity contribution in [1.82, 2.24) is 0 Å². The van der Waals surface area contributed by atoms with Crippen molar-refractivity contribution in [3.8, 4) is 0 Å². The Bertz CT molecular complexity index is 258. The van der Waals surface area contributed by atoms with Gasteiger partial charge < -0.3 is 10.2 Å². The van der Waals surface area contributed by atoms with Crippen molar-refractivity contribution < 1.29 is 19.8 Å². The molecule has 4 heteroatoms. The number of carboxylic acid groups (broad SMARTS) is 2. The van der Waals surface area contributed by atoms with E-state index in [-0.39, 0.29) is 12.8 Å². The number of hydrogen-bond donors (Lipinski definition) is 2. The highest BCUT2D eigenvalue weighted by Crippen LogP contribution is 2.14. The van der Waals surface area contributed by atoms with Gasteiger partial charge in [0.05, 0.1) is 5.92 Å². The summed E-state index contributed by atoms with van der Waals surface area (Å²) < 4.78 is 0. The Hall–Kier alpha value is -1.32. The zero-order valence-electron chi connectivity index (χ0n) is 10.4. The molecule has 0 fully saturated rings. The lowest BCUT2D eigenvalue weighted by Gasteiger charge is -2.08. The van der Waals surface area contributed by atoms with E-state index < -0.39 is 17.9 Å². The first kappa shape index (κ1) is 15.7. The molecule has 0 bridgehead atoms. The van der Waals surface area contributed by atoms with Gasteiger partial charge in [-0.3, -0.25) is 9.59 Å². The van der Waals surface area contributed by atoms with Crippen molar-refractivity contribution in [3.63, 3.8) is 0 Å². The van der Waals surface area contributed by atoms with Crippen LogP contribution in [0.3, 0.4) is 0 Å². The van der Waals surface area contributed by atoms with E-state index in [0.717, 1.165) is 19.3 Å². The van der Waals surface area contributed by atoms with Gasteiger partial charge >= 0.3 is 11.9 Å². The fourth-order valence-electron chi connectivity index (χ4n) is 1.54. The molecule has 0 aliphatic carbocycles. The van der Waals surface area contributed by atoms with E-state index in [1.54, 1.807) is 0 Å². The van der Waals surface area contributed by atoms with E-state index in [1.165, 1.54) is 0 Å². The minimum absolute atomic E-state index is 0.0729. The number of rotatable bonds is 10. The number of aliphatic carboxylic acids is 2. The third-order valence-corrected chi connectivity index (χ3v) is 2.63. The van der Waals surface area contributed by atoms with Gasteiger partial charge in [-0.15, -0.1) is 0 Å². The fraction of sp³-hybridized carbons (Fsp3) is 0.692. The van der Waals surface area contributed by atoms with Crippen molar-refractivity contribution >= 4 is 11.9 Å². The second kappa shape index (κ2) is 9.87. The maximum Gasteiger partial charge on any atom is 0.306 e. The molecule has 98 valence electrons. The monoisotopic (exact) mass is 242 g/mol. The molecule has 0 aliphatic heterocycles. The van der Waals surface area contributed by atoms with Crippen LogP contribution in [-0.4, -0.2) is 22.2 Å². The molecular formula is C13H22O4. The Morgan fingerprint density at radius 3 is 2.29 bits per heavy atom. The van der Waals surface area contributed by atoms with E-state index in [9.17, 15) is 9.59 Å². The van der Waals surface area contributed by atoms with Crippen LogP contribution in [0, 0.1) is 5.92 Å². The van der Waals surface area contributed by atoms with Crippen LogP contribution < -0.4 is 0 Å². The molecule has 0 aliphatic rings. The Balaban J connectivity index is 3.81. The molecule has 1 unspecified atom stereocenters. The van der Waals surface area contributed by atoms with Gasteiger partial charge in [0.2, 0.25) is 0 Å². The predicted octanol–water partition coefficient (Wildman–Crippen LogP) is 3.08. The summed E-state index contributed by atoms with van der Waals surface area (Å²) in [6, 6.07) is 0. The Kier molecular flexibility index (Phi) is 9.11. The highest BCUT2D eigenvalue weighted by atomic mass is 16.4. The minimum Gasteiger partial charge on any atom is -0.481 e. The molecule has 0 rings (SSSR count). The van der Waals surface area contributed by atoms with Crippen LogP contribution in [0.25, 0.3) is 0 Å². The van der Waals surface area contributed by atoms with Gasteiger partial charge in [-0.2, -0.15) is 0 Å². The number of carboxylic acids is 2. The average Bonchev–Trinajstić information content (AvgIpc) is 2.26. The summed E-state index contributed by atoms with van der Waals surface area (Å²) in [5.41, 5.74) is 0. The van der Waals surface area contributed by atoms with Crippen LogP contribution in [0.1, 0.15) is 51.9 Å². The Morgan fingerprint density at radius 2 is 1.76 bits per heavy atom. The molecule has 0 amide bonds. The predicted molar refractivity (Wildman–Crippen MR) is 65.9 cm³/mol. The van der Waals surface area contributed by atoms with Crippen molar-refractivity contribution in [2.24, 2.45) is 5.92 Å². The average molecular weight is 242 g/mol. The molecule has 17 heavy (non-hydrogen) atoms. The highest BCUT2D eigenvalue weighted by molar-refractivity contribution is 5.72. The largest absolute Gasteiger partial charge is 0.481 e. The number of unbranched alkanes of at least 4 members (excludes halogenated alkanes) is 2. The van der Waals surface area contributed by atoms with Crippen molar-refractivity contribution in [2.75, 3.05) is 0 Å². The van der Waals surface area contributed by atoms with E-state index in [4.69, 9.17) is 10.2 Å². The summed E-state index contributed by atoms with van der Waals surface area (Å²) in [7, 11) is 0. The van der Waals surface area contributed by atoms with E-state index in [0.29, 0.717) is 12.8 Å². The summed E-state index contributed by atoms with van der Waals surface area (Å²) in [6.45, 7) is 2.13. The zero-order valence-corrected chi connectivity index (χ0v) is 10.4. The quantitative estimate of drug-likeness (QED) is 0.456. The molecule has 0 aromatic heterocycles. The fourth-order valence-corrected chi connectivity index (χ4v) is 1.54. The normalized spacial score (nSPS) is 12.8. The van der Waals surface area contributed by atoms with Crippen LogP contribution in [0.15, 0.2) is 12.2 Å². The van der Waals surface area contributed by atoms with Gasteiger partial charge in [0.25, 0.3) is 0 Å². The van der Waals surface area contributed by atoms with Crippen molar-refractivity contribution in [1.29, 1.82) is 0 Å². The number of hydrogen-bond acceptors (Lipinski definition) is 2. The van der Waals surface area contributed by atoms with E-state index >= 15 is 0 Å². The van der Waals surface area contributed by atoms with Crippen LogP contribution >= 0.6 is 0 Å². The molecule has 0 aromatic carbocycles. The molecule has 0 spiro atoms. The lowest BCUT2D eigenvalue weighted by Crippen LogP contribution is -2.15. The first-order chi connectivity index (χ1) is 8.07. The topological polar surface area (TPSA) is 74.6 Å². The van der Waals surface area contributed by atoms with Gasteiger partial charge in [-0.1, -0.05) is 31.9 Å².